The van der Waals surface area contributed by atoms with Crippen LogP contribution in [0.15, 0.2) is 12.7 Å². The number of amides is 4. The molecule has 1 rings (SSSR count). The second-order valence-corrected chi connectivity index (χ2v) is 10.7. The Morgan fingerprint density at radius 2 is 1.75 bits per heavy atom. The molecular weight excluding hydrogens is 464 g/mol. The van der Waals surface area contributed by atoms with E-state index in [1.54, 1.807) is 48.5 Å². The minimum Gasteiger partial charge on any atom is -0.444 e. The molecule has 1 aliphatic heterocycles. The average molecular weight is 505 g/mol. The van der Waals surface area contributed by atoms with Gasteiger partial charge in [-0.15, -0.1) is 18.4 Å². The Labute approximate surface area is 213 Å². The van der Waals surface area contributed by atoms with Crippen LogP contribution in [-0.4, -0.2) is 71.3 Å². The van der Waals surface area contributed by atoms with Crippen LogP contribution in [-0.2, 0) is 23.9 Å². The molecule has 0 saturated carbocycles. The van der Waals surface area contributed by atoms with E-state index in [2.05, 4.69) is 34.4 Å². The van der Waals surface area contributed by atoms with Gasteiger partial charge in [-0.05, 0) is 46.0 Å². The van der Waals surface area contributed by atoms with Crippen molar-refractivity contribution in [1.29, 1.82) is 0 Å². The Balaban J connectivity index is 3.08. The monoisotopic (exact) mass is 504 g/mol. The van der Waals surface area contributed by atoms with Gasteiger partial charge in [-0.1, -0.05) is 26.8 Å². The van der Waals surface area contributed by atoms with Crippen LogP contribution in [0.1, 0.15) is 67.7 Å². The van der Waals surface area contributed by atoms with Gasteiger partial charge < -0.3 is 25.6 Å². The average Bonchev–Trinajstić information content (AvgIpc) is 3.25. The predicted molar refractivity (Wildman–Crippen MR) is 136 cm³/mol. The van der Waals surface area contributed by atoms with Gasteiger partial charge in [-0.2, -0.15) is 0 Å². The molecule has 10 heteroatoms. The van der Waals surface area contributed by atoms with E-state index >= 15 is 0 Å². The first-order chi connectivity index (χ1) is 16.6. The quantitative estimate of drug-likeness (QED) is 0.249. The smallest absolute Gasteiger partial charge is 0.408 e. The van der Waals surface area contributed by atoms with Gasteiger partial charge in [0.25, 0.3) is 5.91 Å². The first-order valence-corrected chi connectivity index (χ1v) is 12.0. The maximum Gasteiger partial charge on any atom is 0.408 e. The summed E-state index contributed by atoms with van der Waals surface area (Å²) in [6, 6.07) is -2.97. The number of carbonyl (C=O) groups excluding carboxylic acids is 5. The Morgan fingerprint density at radius 3 is 2.28 bits per heavy atom. The number of nitrogens with zero attached hydrogens (tertiary/aromatic N) is 1. The molecule has 1 saturated heterocycles. The molecule has 0 bridgehead atoms. The lowest BCUT2D eigenvalue weighted by atomic mass is 9.85. The van der Waals surface area contributed by atoms with Gasteiger partial charge in [0, 0.05) is 19.5 Å². The van der Waals surface area contributed by atoms with Crippen molar-refractivity contribution in [2.45, 2.75) is 91.5 Å². The molecule has 4 amide bonds. The SMILES string of the molecule is C=CCNC(=O)C(=O)C(CC#CC)NC(=O)[C@@H]1CCCN1C(=O)C(NC(=O)OC(C)(C)C)C(C)(C)C. The topological polar surface area (TPSA) is 134 Å². The number of likely N-dealkylation sites (tertiary alicyclic amines) is 1. The third-order valence-corrected chi connectivity index (χ3v) is 5.36. The van der Waals surface area contributed by atoms with Crippen LogP contribution in [0.2, 0.25) is 0 Å². The maximum atomic E-state index is 13.5. The lowest BCUT2D eigenvalue weighted by Crippen LogP contribution is -2.59. The number of hydrogen-bond acceptors (Lipinski definition) is 6. The molecule has 36 heavy (non-hydrogen) atoms. The number of hydrogen-bond donors (Lipinski definition) is 3. The fourth-order valence-electron chi connectivity index (χ4n) is 3.63. The third kappa shape index (κ3) is 9.36. The molecule has 0 aromatic rings. The summed E-state index contributed by atoms with van der Waals surface area (Å²) in [5.41, 5.74) is -1.41. The van der Waals surface area contributed by atoms with Crippen molar-refractivity contribution in [1.82, 2.24) is 20.9 Å². The fourth-order valence-corrected chi connectivity index (χ4v) is 3.63. The zero-order valence-electron chi connectivity index (χ0n) is 22.4. The van der Waals surface area contributed by atoms with Gasteiger partial charge in [0.1, 0.15) is 23.7 Å². The number of carbonyl (C=O) groups is 5. The van der Waals surface area contributed by atoms with E-state index in [9.17, 15) is 24.0 Å². The summed E-state index contributed by atoms with van der Waals surface area (Å²) < 4.78 is 5.32. The predicted octanol–water partition coefficient (Wildman–Crippen LogP) is 1.69. The summed E-state index contributed by atoms with van der Waals surface area (Å²) in [5.74, 6) is 2.71. The number of nitrogens with one attached hydrogen (secondary N) is 3. The first kappa shape index (κ1) is 30.7. The fraction of sp³-hybridized carbons (Fsp3) is 0.654. The van der Waals surface area contributed by atoms with Crippen LogP contribution >= 0.6 is 0 Å². The lowest BCUT2D eigenvalue weighted by Gasteiger charge is -2.36. The number of ketones is 1. The molecule has 0 aromatic heterocycles. The number of Topliss-reactive ketones (excluding diaryl/α,β-unsaturated/α-hetero) is 1. The van der Waals surface area contributed by atoms with Crippen molar-refractivity contribution in [3.8, 4) is 11.8 Å². The van der Waals surface area contributed by atoms with Gasteiger partial charge in [0.15, 0.2) is 0 Å². The molecule has 3 atom stereocenters. The zero-order chi connectivity index (χ0) is 27.7. The third-order valence-electron chi connectivity index (χ3n) is 5.36. The largest absolute Gasteiger partial charge is 0.444 e. The van der Waals surface area contributed by atoms with E-state index in [1.165, 1.54) is 11.0 Å². The highest BCUT2D eigenvalue weighted by Crippen LogP contribution is 2.26. The van der Waals surface area contributed by atoms with Gasteiger partial charge >= 0.3 is 6.09 Å². The molecule has 200 valence electrons. The van der Waals surface area contributed by atoms with Crippen molar-refractivity contribution < 1.29 is 28.7 Å². The van der Waals surface area contributed by atoms with Crippen LogP contribution < -0.4 is 16.0 Å². The molecule has 1 fully saturated rings. The molecule has 10 nitrogen and oxygen atoms in total. The van der Waals surface area contributed by atoms with E-state index in [1.807, 2.05) is 0 Å². The van der Waals surface area contributed by atoms with Crippen molar-refractivity contribution >= 4 is 29.6 Å². The molecular formula is C26H40N4O6. The number of alkyl carbamates (subject to hydrolysis) is 1. The Kier molecular flexibility index (Phi) is 11.2. The van der Waals surface area contributed by atoms with Gasteiger partial charge in [0.05, 0.1) is 0 Å². The Bertz CT molecular complexity index is 919. The summed E-state index contributed by atoms with van der Waals surface area (Å²) in [6.45, 7) is 16.1. The van der Waals surface area contributed by atoms with E-state index in [0.717, 1.165) is 0 Å². The Hall–Kier alpha value is -3.35. The highest BCUT2D eigenvalue weighted by molar-refractivity contribution is 6.38. The van der Waals surface area contributed by atoms with Gasteiger partial charge in [0.2, 0.25) is 17.6 Å². The highest BCUT2D eigenvalue weighted by Gasteiger charge is 2.43. The molecule has 0 aromatic carbocycles. The summed E-state index contributed by atoms with van der Waals surface area (Å²) in [5, 5.41) is 7.66. The highest BCUT2D eigenvalue weighted by atomic mass is 16.6. The molecule has 0 radical (unpaired) electrons. The standard InChI is InChI=1S/C26H40N4O6/c1-9-11-13-17(19(31)22(33)27-15-10-2)28-21(32)18-14-12-16-30(18)23(34)20(25(3,4)5)29-24(35)36-26(6,7)8/h10,17-18,20H,2,12-16H2,1,3-8H3,(H,27,33)(H,28,32)(H,29,35)/t17?,18-,20?/m0/s1. The van der Waals surface area contributed by atoms with Crippen molar-refractivity contribution in [2.75, 3.05) is 13.1 Å². The van der Waals surface area contributed by atoms with Crippen LogP contribution in [0.4, 0.5) is 4.79 Å². The van der Waals surface area contributed by atoms with Gasteiger partial charge in [-0.3, -0.25) is 19.2 Å². The maximum absolute atomic E-state index is 13.5. The molecule has 0 aliphatic carbocycles. The van der Waals surface area contributed by atoms with E-state index in [4.69, 9.17) is 4.74 Å². The first-order valence-electron chi connectivity index (χ1n) is 12.0. The summed E-state index contributed by atoms with van der Waals surface area (Å²) >= 11 is 0. The minimum atomic E-state index is -1.16. The van der Waals surface area contributed by atoms with E-state index < -0.39 is 58.7 Å². The van der Waals surface area contributed by atoms with Crippen molar-refractivity contribution in [3.05, 3.63) is 12.7 Å². The second kappa shape index (κ2) is 13.1. The van der Waals surface area contributed by atoms with Crippen LogP contribution in [0.25, 0.3) is 0 Å². The Morgan fingerprint density at radius 1 is 1.11 bits per heavy atom. The summed E-state index contributed by atoms with van der Waals surface area (Å²) in [7, 11) is 0. The van der Waals surface area contributed by atoms with Crippen molar-refractivity contribution in [3.63, 3.8) is 0 Å². The van der Waals surface area contributed by atoms with Crippen LogP contribution in [0, 0.1) is 17.3 Å². The molecule has 0 spiro atoms. The normalized spacial score (nSPS) is 17.1. The number of rotatable bonds is 9. The zero-order valence-corrected chi connectivity index (χ0v) is 22.4. The van der Waals surface area contributed by atoms with E-state index in [-0.39, 0.29) is 13.0 Å². The van der Waals surface area contributed by atoms with Crippen molar-refractivity contribution in [2.24, 2.45) is 5.41 Å². The van der Waals surface area contributed by atoms with E-state index in [0.29, 0.717) is 19.4 Å². The molecule has 2 unspecified atom stereocenters. The molecule has 1 aliphatic rings. The lowest BCUT2D eigenvalue weighted by molar-refractivity contribution is -0.143. The van der Waals surface area contributed by atoms with Crippen LogP contribution in [0.3, 0.4) is 0 Å². The molecule has 3 N–H and O–H groups in total. The second-order valence-electron chi connectivity index (χ2n) is 10.7. The summed E-state index contributed by atoms with van der Waals surface area (Å²) in [4.78, 5) is 65.4. The van der Waals surface area contributed by atoms with Gasteiger partial charge in [-0.25, -0.2) is 4.79 Å². The summed E-state index contributed by atoms with van der Waals surface area (Å²) in [6.07, 6.45) is 1.60. The number of ether oxygens (including phenoxy) is 1. The molecule has 1 heterocycles. The van der Waals surface area contributed by atoms with Crippen LogP contribution in [0.5, 0.6) is 0 Å². The minimum absolute atomic E-state index is 0.0476.